The molecule has 2 atom stereocenters. The molecule has 0 amide bonds. The molecule has 0 aromatic heterocycles. The largest absolute Gasteiger partial charge is 0.493 e. The van der Waals surface area contributed by atoms with Gasteiger partial charge in [-0.2, -0.15) is 0 Å². The van der Waals surface area contributed by atoms with Crippen molar-refractivity contribution in [1.29, 1.82) is 0 Å². The van der Waals surface area contributed by atoms with E-state index in [1.165, 1.54) is 32.4 Å². The zero-order valence-electron chi connectivity index (χ0n) is 13.6. The Morgan fingerprint density at radius 1 is 1.16 bits per heavy atom. The quantitative estimate of drug-likeness (QED) is 0.763. The van der Waals surface area contributed by atoms with Gasteiger partial charge in [0.15, 0.2) is 11.5 Å². The van der Waals surface area contributed by atoms with Crippen molar-refractivity contribution in [2.24, 2.45) is 0 Å². The fraction of sp³-hybridized carbons (Fsp3) is 0.294. The Bertz CT molecular complexity index is 904. The minimum absolute atomic E-state index is 0.0237. The topological polar surface area (TPSA) is 64.6 Å². The third-order valence-corrected chi connectivity index (χ3v) is 6.55. The van der Waals surface area contributed by atoms with Gasteiger partial charge in [-0.25, -0.2) is 17.5 Å². The van der Waals surface area contributed by atoms with Gasteiger partial charge in [0.1, 0.15) is 10.7 Å². The second kappa shape index (κ2) is 6.93. The summed E-state index contributed by atoms with van der Waals surface area (Å²) in [6, 6.07) is 8.92. The summed E-state index contributed by atoms with van der Waals surface area (Å²) in [6.07, 6.45) is 0.633. The zero-order valence-corrected chi connectivity index (χ0v) is 16.0. The number of hydrogen-bond donors (Lipinski definition) is 1. The lowest BCUT2D eigenvalue weighted by Gasteiger charge is -2.13. The first-order valence-corrected chi connectivity index (χ1v) is 9.82. The number of halogens is 2. The molecular weight excluding hydrogens is 413 g/mol. The molecule has 0 spiro atoms. The van der Waals surface area contributed by atoms with E-state index in [0.717, 1.165) is 5.56 Å². The van der Waals surface area contributed by atoms with Crippen LogP contribution in [0.15, 0.2) is 45.8 Å². The first-order valence-electron chi connectivity index (χ1n) is 7.55. The van der Waals surface area contributed by atoms with E-state index in [1.807, 2.05) is 0 Å². The highest BCUT2D eigenvalue weighted by Gasteiger charge is 2.42. The van der Waals surface area contributed by atoms with Crippen LogP contribution < -0.4 is 14.2 Å². The third kappa shape index (κ3) is 3.80. The van der Waals surface area contributed by atoms with Crippen LogP contribution in [-0.4, -0.2) is 28.7 Å². The minimum Gasteiger partial charge on any atom is -0.493 e. The van der Waals surface area contributed by atoms with E-state index in [9.17, 15) is 12.8 Å². The van der Waals surface area contributed by atoms with Crippen LogP contribution in [0.1, 0.15) is 17.9 Å². The Hall–Kier alpha value is -1.64. The van der Waals surface area contributed by atoms with E-state index in [0.29, 0.717) is 22.4 Å². The first-order chi connectivity index (χ1) is 11.9. The molecule has 8 heteroatoms. The van der Waals surface area contributed by atoms with Gasteiger partial charge in [0.05, 0.1) is 14.2 Å². The van der Waals surface area contributed by atoms with Gasteiger partial charge in [-0.05, 0) is 46.1 Å². The predicted octanol–water partition coefficient (Wildman–Crippen LogP) is 3.44. The van der Waals surface area contributed by atoms with Gasteiger partial charge in [-0.3, -0.25) is 0 Å². The fourth-order valence-corrected chi connectivity index (χ4v) is 5.06. The molecule has 1 saturated carbocycles. The van der Waals surface area contributed by atoms with Crippen molar-refractivity contribution in [3.8, 4) is 11.5 Å². The van der Waals surface area contributed by atoms with Gasteiger partial charge in [-0.15, -0.1) is 0 Å². The Morgan fingerprint density at radius 3 is 2.48 bits per heavy atom. The molecular formula is C17H17BrFNO4S. The standard InChI is InChI=1S/C17H17BrFNO4S/c1-23-15-8-13(18)17(9-16(15)24-2)25(21,22)20-14-7-12(14)10-4-3-5-11(19)6-10/h3-6,8-9,12,14,20H,7H2,1-2H3/t12-,14-/m0/s1. The van der Waals surface area contributed by atoms with Gasteiger partial charge in [-0.1, -0.05) is 12.1 Å². The molecule has 3 rings (SSSR count). The molecule has 1 aliphatic rings. The lowest BCUT2D eigenvalue weighted by Crippen LogP contribution is -2.27. The second-order valence-electron chi connectivity index (χ2n) is 5.76. The molecule has 0 heterocycles. The van der Waals surface area contributed by atoms with Crippen molar-refractivity contribution in [3.63, 3.8) is 0 Å². The summed E-state index contributed by atoms with van der Waals surface area (Å²) in [7, 11) is -0.845. The van der Waals surface area contributed by atoms with E-state index in [2.05, 4.69) is 20.7 Å². The number of hydrogen-bond acceptors (Lipinski definition) is 4. The highest BCUT2D eigenvalue weighted by Crippen LogP contribution is 2.42. The van der Waals surface area contributed by atoms with E-state index in [1.54, 1.807) is 18.2 Å². The van der Waals surface area contributed by atoms with Crippen molar-refractivity contribution >= 4 is 26.0 Å². The summed E-state index contributed by atoms with van der Waals surface area (Å²) in [5.74, 6) is 0.402. The molecule has 25 heavy (non-hydrogen) atoms. The lowest BCUT2D eigenvalue weighted by molar-refractivity contribution is 0.353. The Labute approximate surface area is 154 Å². The third-order valence-electron chi connectivity index (χ3n) is 4.10. The van der Waals surface area contributed by atoms with Crippen LogP contribution in [0.2, 0.25) is 0 Å². The maximum absolute atomic E-state index is 13.3. The van der Waals surface area contributed by atoms with Gasteiger partial charge in [0.25, 0.3) is 0 Å². The maximum Gasteiger partial charge on any atom is 0.242 e. The molecule has 1 fully saturated rings. The van der Waals surface area contributed by atoms with Crippen molar-refractivity contribution in [3.05, 3.63) is 52.3 Å². The van der Waals surface area contributed by atoms with Crippen molar-refractivity contribution < 1.29 is 22.3 Å². The summed E-state index contributed by atoms with van der Waals surface area (Å²) in [5, 5.41) is 0. The van der Waals surface area contributed by atoms with Gasteiger partial charge >= 0.3 is 0 Å². The van der Waals surface area contributed by atoms with E-state index >= 15 is 0 Å². The maximum atomic E-state index is 13.3. The SMILES string of the molecule is COc1cc(Br)c(S(=O)(=O)N[C@H]2C[C@H]2c2cccc(F)c2)cc1OC. The molecule has 134 valence electrons. The smallest absolute Gasteiger partial charge is 0.242 e. The molecule has 2 aromatic carbocycles. The number of rotatable bonds is 6. The Kier molecular flexibility index (Phi) is 5.04. The zero-order chi connectivity index (χ0) is 18.2. The highest BCUT2D eigenvalue weighted by atomic mass is 79.9. The van der Waals surface area contributed by atoms with Crippen molar-refractivity contribution in [2.75, 3.05) is 14.2 Å². The fourth-order valence-electron chi connectivity index (χ4n) is 2.74. The molecule has 1 aliphatic carbocycles. The summed E-state index contributed by atoms with van der Waals surface area (Å²) in [6.45, 7) is 0. The summed E-state index contributed by atoms with van der Waals surface area (Å²) >= 11 is 3.26. The van der Waals surface area contributed by atoms with Gasteiger partial charge in [0.2, 0.25) is 10.0 Å². The highest BCUT2D eigenvalue weighted by molar-refractivity contribution is 9.10. The Morgan fingerprint density at radius 2 is 1.84 bits per heavy atom. The number of sulfonamides is 1. The van der Waals surface area contributed by atoms with Crippen LogP contribution in [-0.2, 0) is 10.0 Å². The van der Waals surface area contributed by atoms with Crippen molar-refractivity contribution in [2.45, 2.75) is 23.3 Å². The predicted molar refractivity (Wildman–Crippen MR) is 95.1 cm³/mol. The first kappa shape index (κ1) is 18.2. The average molecular weight is 430 g/mol. The summed E-state index contributed by atoms with van der Waals surface area (Å²) in [4.78, 5) is 0.0649. The number of methoxy groups -OCH3 is 2. The van der Waals surface area contributed by atoms with Crippen molar-refractivity contribution in [1.82, 2.24) is 4.72 Å². The second-order valence-corrected chi connectivity index (χ2v) is 8.30. The molecule has 0 bridgehead atoms. The lowest BCUT2D eigenvalue weighted by atomic mass is 10.1. The van der Waals surface area contributed by atoms with Crippen LogP contribution in [0, 0.1) is 5.82 Å². The van der Waals surface area contributed by atoms with E-state index in [-0.39, 0.29) is 22.7 Å². The minimum atomic E-state index is -3.76. The van der Waals surface area contributed by atoms with Crippen LogP contribution in [0.25, 0.3) is 0 Å². The molecule has 0 saturated heterocycles. The monoisotopic (exact) mass is 429 g/mol. The molecule has 0 aliphatic heterocycles. The van der Waals surface area contributed by atoms with Gasteiger partial charge < -0.3 is 9.47 Å². The number of nitrogens with one attached hydrogen (secondary N) is 1. The summed E-state index contributed by atoms with van der Waals surface area (Å²) in [5.41, 5.74) is 0.791. The molecule has 0 unspecified atom stereocenters. The average Bonchev–Trinajstić information content (AvgIpc) is 3.32. The molecule has 0 radical (unpaired) electrons. The normalized spacial score (nSPS) is 19.5. The van der Waals surface area contributed by atoms with Crippen LogP contribution in [0.3, 0.4) is 0 Å². The summed E-state index contributed by atoms with van der Waals surface area (Å²) < 4.78 is 52.1. The van der Waals surface area contributed by atoms with Gasteiger partial charge in [0, 0.05) is 22.5 Å². The van der Waals surface area contributed by atoms with Crippen LogP contribution >= 0.6 is 15.9 Å². The van der Waals surface area contributed by atoms with E-state index < -0.39 is 10.0 Å². The molecule has 1 N–H and O–H groups in total. The Balaban J connectivity index is 1.82. The molecule has 5 nitrogen and oxygen atoms in total. The van der Waals surface area contributed by atoms with Crippen LogP contribution in [0.4, 0.5) is 4.39 Å². The molecule has 2 aromatic rings. The number of ether oxygens (including phenoxy) is 2. The van der Waals surface area contributed by atoms with Crippen LogP contribution in [0.5, 0.6) is 11.5 Å². The number of benzene rings is 2. The van der Waals surface area contributed by atoms with E-state index in [4.69, 9.17) is 9.47 Å².